The van der Waals surface area contributed by atoms with Crippen LogP contribution in [0.1, 0.15) is 36.8 Å². The molecule has 7 aromatic carbocycles. The molecule has 1 spiro atoms. The lowest BCUT2D eigenvalue weighted by Gasteiger charge is -2.44. The van der Waals surface area contributed by atoms with E-state index in [0.717, 1.165) is 62.7 Å². The second-order valence-corrected chi connectivity index (χ2v) is 15.7. The molecule has 1 aromatic heterocycles. The summed E-state index contributed by atoms with van der Waals surface area (Å²) in [5, 5.41) is 4.76. The van der Waals surface area contributed by atoms with Gasteiger partial charge in [-0.3, -0.25) is 0 Å². The quantitative estimate of drug-likeness (QED) is 0.188. The third-order valence-corrected chi connectivity index (χ3v) is 13.4. The molecular weight excluding hydrogens is 619 g/mol. The first kappa shape index (κ1) is 28.1. The number of furan rings is 1. The average molecular weight is 656 g/mol. The molecule has 4 unspecified atom stereocenters. The molecule has 0 amide bonds. The molecule has 8 aromatic rings. The van der Waals surface area contributed by atoms with Crippen LogP contribution in [0.15, 0.2) is 156 Å². The van der Waals surface area contributed by atoms with Gasteiger partial charge in [0, 0.05) is 39.3 Å². The SMILES string of the molecule is c1ccc2c(c1)-c1ccc(-c3ccc(N(c4ccc5ccccc5c4)c4ccc5c(c4)oc4ccccc45)cc3)cc1C21C2CC3CC(C2)[C@H]1C3. The molecule has 0 saturated heterocycles. The largest absolute Gasteiger partial charge is 0.456 e. The molecule has 51 heavy (non-hydrogen) atoms. The summed E-state index contributed by atoms with van der Waals surface area (Å²) in [6.45, 7) is 0. The fraction of sp³-hybridized carbons (Fsp3) is 0.184. The molecule has 13 rings (SSSR count). The van der Waals surface area contributed by atoms with Gasteiger partial charge in [0.15, 0.2) is 0 Å². The molecule has 2 heteroatoms. The van der Waals surface area contributed by atoms with Gasteiger partial charge in [-0.15, -0.1) is 0 Å². The van der Waals surface area contributed by atoms with E-state index in [1.807, 2.05) is 6.07 Å². The van der Waals surface area contributed by atoms with Gasteiger partial charge in [-0.25, -0.2) is 0 Å². The monoisotopic (exact) mass is 655 g/mol. The van der Waals surface area contributed by atoms with E-state index < -0.39 is 0 Å². The third-order valence-electron chi connectivity index (χ3n) is 13.4. The van der Waals surface area contributed by atoms with Crippen LogP contribution in [-0.2, 0) is 5.41 Å². The number of benzene rings is 7. The number of nitrogens with zero attached hydrogens (tertiary/aromatic N) is 1. The maximum Gasteiger partial charge on any atom is 0.137 e. The molecule has 4 fully saturated rings. The zero-order chi connectivity index (χ0) is 33.3. The van der Waals surface area contributed by atoms with Crippen molar-refractivity contribution in [3.05, 3.63) is 163 Å². The highest BCUT2D eigenvalue weighted by molar-refractivity contribution is 6.06. The Balaban J connectivity index is 0.976. The van der Waals surface area contributed by atoms with Gasteiger partial charge in [0.25, 0.3) is 0 Å². The summed E-state index contributed by atoms with van der Waals surface area (Å²) in [5.41, 5.74) is 14.1. The van der Waals surface area contributed by atoms with Crippen LogP contribution in [0.3, 0.4) is 0 Å². The van der Waals surface area contributed by atoms with Crippen molar-refractivity contribution < 1.29 is 4.42 Å². The third kappa shape index (κ3) is 3.83. The number of para-hydroxylation sites is 1. The smallest absolute Gasteiger partial charge is 0.137 e. The highest BCUT2D eigenvalue weighted by atomic mass is 16.3. The number of anilines is 3. The Labute approximate surface area is 298 Å². The van der Waals surface area contributed by atoms with Crippen molar-refractivity contribution in [1.29, 1.82) is 0 Å². The molecule has 0 radical (unpaired) electrons. The Morgan fingerprint density at radius 1 is 0.490 bits per heavy atom. The van der Waals surface area contributed by atoms with Crippen molar-refractivity contribution in [3.8, 4) is 22.3 Å². The molecule has 5 aliphatic rings. The molecular formula is C49H37NO. The van der Waals surface area contributed by atoms with Crippen LogP contribution in [0, 0.1) is 23.7 Å². The Kier molecular flexibility index (Phi) is 5.65. The lowest BCUT2D eigenvalue weighted by Crippen LogP contribution is -2.40. The standard InChI is InChI=1S/C49H37NO/c1-2-8-33-27-38(19-15-31(33)7-1)50(39-20-22-43-42-10-4-6-12-47(42)51-48(43)29-39)37-17-13-32(14-18-37)34-16-21-41-40-9-3-5-11-44(40)49(46(41)28-34)36-24-30-23-35(26-36)45(49)25-30/h1-22,27-30,35-36,45H,23-26H2/t30?,35?,36?,45-,49?/m1/s1. The van der Waals surface area contributed by atoms with Gasteiger partial charge >= 0.3 is 0 Å². The first-order valence-corrected chi connectivity index (χ1v) is 18.8. The van der Waals surface area contributed by atoms with Crippen LogP contribution in [0.25, 0.3) is 55.0 Å². The topological polar surface area (TPSA) is 16.4 Å². The second-order valence-electron chi connectivity index (χ2n) is 15.7. The maximum absolute atomic E-state index is 6.37. The van der Waals surface area contributed by atoms with E-state index in [1.165, 1.54) is 58.7 Å². The molecule has 2 nitrogen and oxygen atoms in total. The Morgan fingerprint density at radius 3 is 2.14 bits per heavy atom. The van der Waals surface area contributed by atoms with Gasteiger partial charge in [-0.05, 0) is 142 Å². The minimum atomic E-state index is 0.196. The molecule has 0 N–H and O–H groups in total. The molecule has 4 saturated carbocycles. The maximum atomic E-state index is 6.37. The van der Waals surface area contributed by atoms with Crippen LogP contribution in [0.4, 0.5) is 17.1 Å². The van der Waals surface area contributed by atoms with Crippen molar-refractivity contribution in [3.63, 3.8) is 0 Å². The van der Waals surface area contributed by atoms with Crippen molar-refractivity contribution in [1.82, 2.24) is 0 Å². The zero-order valence-corrected chi connectivity index (χ0v) is 28.4. The number of hydrogen-bond donors (Lipinski definition) is 0. The average Bonchev–Trinajstić information content (AvgIpc) is 3.86. The van der Waals surface area contributed by atoms with Gasteiger partial charge < -0.3 is 9.32 Å². The summed E-state index contributed by atoms with van der Waals surface area (Å²) < 4.78 is 6.37. The van der Waals surface area contributed by atoms with Crippen molar-refractivity contribution in [2.45, 2.75) is 31.1 Å². The van der Waals surface area contributed by atoms with E-state index in [2.05, 4.69) is 150 Å². The van der Waals surface area contributed by atoms with E-state index in [9.17, 15) is 0 Å². The fourth-order valence-electron chi connectivity index (χ4n) is 11.6. The summed E-state index contributed by atoms with van der Waals surface area (Å²) in [5.74, 6) is 3.42. The first-order valence-electron chi connectivity index (χ1n) is 18.8. The summed E-state index contributed by atoms with van der Waals surface area (Å²) in [4.78, 5) is 2.36. The van der Waals surface area contributed by atoms with E-state index >= 15 is 0 Å². The van der Waals surface area contributed by atoms with Gasteiger partial charge in [0.05, 0.1) is 0 Å². The zero-order valence-electron chi connectivity index (χ0n) is 28.4. The van der Waals surface area contributed by atoms with Gasteiger partial charge in [0.2, 0.25) is 0 Å². The van der Waals surface area contributed by atoms with Crippen LogP contribution >= 0.6 is 0 Å². The van der Waals surface area contributed by atoms with Crippen LogP contribution < -0.4 is 4.90 Å². The van der Waals surface area contributed by atoms with Crippen LogP contribution in [0.5, 0.6) is 0 Å². The van der Waals surface area contributed by atoms with Gasteiger partial charge in [-0.1, -0.05) is 97.1 Å². The highest BCUT2D eigenvalue weighted by Crippen LogP contribution is 2.73. The number of rotatable bonds is 4. The summed E-state index contributed by atoms with van der Waals surface area (Å²) in [6.07, 6.45) is 5.69. The molecule has 0 aliphatic heterocycles. The van der Waals surface area contributed by atoms with Crippen LogP contribution in [0.2, 0.25) is 0 Å². The van der Waals surface area contributed by atoms with Gasteiger partial charge in [0.1, 0.15) is 11.2 Å². The summed E-state index contributed by atoms with van der Waals surface area (Å²) >= 11 is 0. The Hall–Kier alpha value is -5.60. The molecule has 1 heterocycles. The Bertz CT molecular complexity index is 2700. The number of fused-ring (bicyclic) bond motifs is 7. The van der Waals surface area contributed by atoms with E-state index in [0.29, 0.717) is 0 Å². The van der Waals surface area contributed by atoms with Crippen molar-refractivity contribution in [2.24, 2.45) is 23.7 Å². The summed E-state index contributed by atoms with van der Waals surface area (Å²) in [7, 11) is 0. The Morgan fingerprint density at radius 2 is 1.22 bits per heavy atom. The minimum Gasteiger partial charge on any atom is -0.456 e. The van der Waals surface area contributed by atoms with Crippen LogP contribution in [-0.4, -0.2) is 0 Å². The molecule has 4 bridgehead atoms. The first-order chi connectivity index (χ1) is 25.2. The highest BCUT2D eigenvalue weighted by Gasteiger charge is 2.65. The molecule has 5 aliphatic carbocycles. The van der Waals surface area contributed by atoms with Crippen molar-refractivity contribution >= 4 is 49.8 Å². The lowest BCUT2D eigenvalue weighted by molar-refractivity contribution is 0.191. The minimum absolute atomic E-state index is 0.196. The second kappa shape index (κ2) is 10.2. The fourth-order valence-corrected chi connectivity index (χ4v) is 11.6. The molecule has 244 valence electrons. The van der Waals surface area contributed by atoms with Crippen molar-refractivity contribution in [2.75, 3.05) is 4.90 Å². The van der Waals surface area contributed by atoms with Gasteiger partial charge in [-0.2, -0.15) is 0 Å². The van der Waals surface area contributed by atoms with E-state index in [-0.39, 0.29) is 5.41 Å². The van der Waals surface area contributed by atoms with E-state index in [1.54, 1.807) is 11.1 Å². The number of hydrogen-bond acceptors (Lipinski definition) is 2. The summed E-state index contributed by atoms with van der Waals surface area (Å²) in [6, 6.07) is 56.3. The molecule has 5 atom stereocenters. The lowest BCUT2D eigenvalue weighted by atomic mass is 9.59. The predicted molar refractivity (Wildman–Crippen MR) is 210 cm³/mol. The van der Waals surface area contributed by atoms with E-state index in [4.69, 9.17) is 4.42 Å². The predicted octanol–water partition coefficient (Wildman–Crippen LogP) is 13.2. The normalized spacial score (nSPS) is 23.8.